The summed E-state index contributed by atoms with van der Waals surface area (Å²) in [5.41, 5.74) is -1.73. The van der Waals surface area contributed by atoms with Crippen LogP contribution in [0, 0.1) is 16.0 Å². The van der Waals surface area contributed by atoms with Gasteiger partial charge in [-0.25, -0.2) is 0 Å². The van der Waals surface area contributed by atoms with Gasteiger partial charge in [-0.3, -0.25) is 14.9 Å². The summed E-state index contributed by atoms with van der Waals surface area (Å²) in [6.45, 7) is 3.21. The number of Topliss-reactive ketones (excluding diaryl/α,β-unsaturated/α-hetero) is 1. The third-order valence-electron chi connectivity index (χ3n) is 2.78. The van der Waals surface area contributed by atoms with E-state index in [0.717, 1.165) is 0 Å². The number of aliphatic hydroxyl groups is 1. The van der Waals surface area contributed by atoms with Crippen LogP contribution in [0.4, 0.5) is 0 Å². The SMILES string of the molecule is CCC1(O)C(=O)CC(C)C1[N+](=O)[O-]. The maximum atomic E-state index is 11.3. The van der Waals surface area contributed by atoms with E-state index in [1.54, 1.807) is 13.8 Å². The van der Waals surface area contributed by atoms with Crippen LogP contribution in [0.25, 0.3) is 0 Å². The van der Waals surface area contributed by atoms with Crippen molar-refractivity contribution >= 4 is 5.78 Å². The molecular weight excluding hydrogens is 174 g/mol. The summed E-state index contributed by atoms with van der Waals surface area (Å²) in [6.07, 6.45) is 0.220. The van der Waals surface area contributed by atoms with Crippen molar-refractivity contribution in [3.05, 3.63) is 10.1 Å². The van der Waals surface area contributed by atoms with Crippen molar-refractivity contribution in [3.8, 4) is 0 Å². The van der Waals surface area contributed by atoms with Crippen LogP contribution in [-0.4, -0.2) is 27.5 Å². The van der Waals surface area contributed by atoms with Gasteiger partial charge in [-0.2, -0.15) is 0 Å². The highest BCUT2D eigenvalue weighted by Gasteiger charge is 2.58. The van der Waals surface area contributed by atoms with E-state index < -0.39 is 22.3 Å². The molecule has 1 fully saturated rings. The predicted molar refractivity (Wildman–Crippen MR) is 44.8 cm³/mol. The van der Waals surface area contributed by atoms with Crippen molar-refractivity contribution in [2.45, 2.75) is 38.3 Å². The lowest BCUT2D eigenvalue weighted by atomic mass is 9.91. The molecule has 3 atom stereocenters. The summed E-state index contributed by atoms with van der Waals surface area (Å²) < 4.78 is 0. The second-order valence-corrected chi connectivity index (χ2v) is 3.61. The molecule has 3 unspecified atom stereocenters. The molecule has 0 spiro atoms. The third-order valence-corrected chi connectivity index (χ3v) is 2.78. The molecule has 0 aromatic carbocycles. The first-order chi connectivity index (χ1) is 5.93. The van der Waals surface area contributed by atoms with Crippen LogP contribution >= 0.6 is 0 Å². The van der Waals surface area contributed by atoms with E-state index in [0.29, 0.717) is 0 Å². The minimum absolute atomic E-state index is 0.107. The molecule has 1 rings (SSSR count). The Morgan fingerprint density at radius 3 is 2.62 bits per heavy atom. The molecule has 1 aliphatic rings. The molecule has 0 aromatic heterocycles. The van der Waals surface area contributed by atoms with E-state index in [1.165, 1.54) is 0 Å². The molecule has 5 heteroatoms. The van der Waals surface area contributed by atoms with Gasteiger partial charge in [0, 0.05) is 17.3 Å². The Labute approximate surface area is 75.9 Å². The molecule has 0 heterocycles. The number of hydrogen-bond acceptors (Lipinski definition) is 4. The summed E-state index contributed by atoms with van der Waals surface area (Å²) >= 11 is 0. The summed E-state index contributed by atoms with van der Waals surface area (Å²) in [5, 5.41) is 20.4. The van der Waals surface area contributed by atoms with Crippen molar-refractivity contribution in [3.63, 3.8) is 0 Å². The first kappa shape index (κ1) is 10.1. The molecule has 1 aliphatic carbocycles. The summed E-state index contributed by atoms with van der Waals surface area (Å²) in [5.74, 6) is -0.767. The van der Waals surface area contributed by atoms with Crippen molar-refractivity contribution in [1.29, 1.82) is 0 Å². The van der Waals surface area contributed by atoms with E-state index in [2.05, 4.69) is 0 Å². The van der Waals surface area contributed by atoms with Gasteiger partial charge in [-0.15, -0.1) is 0 Å². The van der Waals surface area contributed by atoms with Crippen molar-refractivity contribution in [2.24, 2.45) is 5.92 Å². The normalized spacial score (nSPS) is 39.5. The fourth-order valence-corrected chi connectivity index (χ4v) is 2.00. The van der Waals surface area contributed by atoms with Gasteiger partial charge in [0.25, 0.3) is 6.04 Å². The van der Waals surface area contributed by atoms with Gasteiger partial charge >= 0.3 is 0 Å². The average Bonchev–Trinajstić information content (AvgIpc) is 2.24. The van der Waals surface area contributed by atoms with E-state index >= 15 is 0 Å². The molecule has 0 radical (unpaired) electrons. The van der Waals surface area contributed by atoms with Gasteiger partial charge in [-0.1, -0.05) is 13.8 Å². The second-order valence-electron chi connectivity index (χ2n) is 3.61. The highest BCUT2D eigenvalue weighted by Crippen LogP contribution is 2.35. The molecular formula is C8H13NO4. The largest absolute Gasteiger partial charge is 0.376 e. The quantitative estimate of drug-likeness (QED) is 0.500. The van der Waals surface area contributed by atoms with Crippen molar-refractivity contribution < 1.29 is 14.8 Å². The number of hydrogen-bond donors (Lipinski definition) is 1. The zero-order chi connectivity index (χ0) is 10.2. The number of ketones is 1. The molecule has 0 amide bonds. The predicted octanol–water partition coefficient (Wildman–Crippen LogP) is 0.382. The number of carbonyl (C=O) groups excluding carboxylic acids is 1. The number of carbonyl (C=O) groups is 1. The van der Waals surface area contributed by atoms with Crippen molar-refractivity contribution in [2.75, 3.05) is 0 Å². The standard InChI is InChI=1S/C8H13NO4/c1-3-8(11)6(10)4-5(2)7(8)9(12)13/h5,7,11H,3-4H2,1-2H3. The van der Waals surface area contributed by atoms with Crippen LogP contribution in [-0.2, 0) is 4.79 Å². The van der Waals surface area contributed by atoms with E-state index in [4.69, 9.17) is 0 Å². The Morgan fingerprint density at radius 1 is 1.77 bits per heavy atom. The smallest absolute Gasteiger partial charge is 0.251 e. The Balaban J connectivity index is 3.03. The molecule has 0 aliphatic heterocycles. The Morgan fingerprint density at radius 2 is 2.31 bits per heavy atom. The van der Waals surface area contributed by atoms with Gasteiger partial charge in [-0.05, 0) is 6.42 Å². The lowest BCUT2D eigenvalue weighted by Gasteiger charge is -2.21. The fraction of sp³-hybridized carbons (Fsp3) is 0.875. The molecule has 5 nitrogen and oxygen atoms in total. The third kappa shape index (κ3) is 1.33. The first-order valence-corrected chi connectivity index (χ1v) is 4.32. The highest BCUT2D eigenvalue weighted by molar-refractivity contribution is 5.90. The maximum absolute atomic E-state index is 11.3. The van der Waals surface area contributed by atoms with Crippen LogP contribution in [0.2, 0.25) is 0 Å². The molecule has 0 bridgehead atoms. The Bertz CT molecular complexity index is 253. The van der Waals surface area contributed by atoms with Crippen molar-refractivity contribution in [1.82, 2.24) is 0 Å². The zero-order valence-corrected chi connectivity index (χ0v) is 7.69. The summed E-state index contributed by atoms with van der Waals surface area (Å²) in [7, 11) is 0. The van der Waals surface area contributed by atoms with Crippen LogP contribution in [0.15, 0.2) is 0 Å². The molecule has 74 valence electrons. The van der Waals surface area contributed by atoms with Crippen LogP contribution in [0.1, 0.15) is 26.7 Å². The molecule has 13 heavy (non-hydrogen) atoms. The lowest BCUT2D eigenvalue weighted by molar-refractivity contribution is -0.546. The van der Waals surface area contributed by atoms with Gasteiger partial charge in [0.15, 0.2) is 11.4 Å². The van der Waals surface area contributed by atoms with Gasteiger partial charge in [0.1, 0.15) is 0 Å². The summed E-state index contributed by atoms with van der Waals surface area (Å²) in [4.78, 5) is 21.4. The zero-order valence-electron chi connectivity index (χ0n) is 7.69. The monoisotopic (exact) mass is 187 g/mol. The molecule has 0 aromatic rings. The average molecular weight is 187 g/mol. The minimum atomic E-state index is -1.73. The Hall–Kier alpha value is -0.970. The van der Waals surface area contributed by atoms with Gasteiger partial charge in [0.05, 0.1) is 0 Å². The topological polar surface area (TPSA) is 80.4 Å². The van der Waals surface area contributed by atoms with Gasteiger partial charge in [0.2, 0.25) is 0 Å². The fourth-order valence-electron chi connectivity index (χ4n) is 2.00. The van der Waals surface area contributed by atoms with Crippen LogP contribution < -0.4 is 0 Å². The number of nitrogens with zero attached hydrogens (tertiary/aromatic N) is 1. The first-order valence-electron chi connectivity index (χ1n) is 4.32. The Kier molecular flexibility index (Phi) is 2.38. The number of nitro groups is 1. The molecule has 1 saturated carbocycles. The van der Waals surface area contributed by atoms with E-state index in [-0.39, 0.29) is 18.8 Å². The van der Waals surface area contributed by atoms with Crippen LogP contribution in [0.5, 0.6) is 0 Å². The van der Waals surface area contributed by atoms with E-state index in [1.807, 2.05) is 0 Å². The van der Waals surface area contributed by atoms with E-state index in [9.17, 15) is 20.0 Å². The highest BCUT2D eigenvalue weighted by atomic mass is 16.6. The molecule has 1 N–H and O–H groups in total. The van der Waals surface area contributed by atoms with Crippen LogP contribution in [0.3, 0.4) is 0 Å². The van der Waals surface area contributed by atoms with Gasteiger partial charge < -0.3 is 5.11 Å². The maximum Gasteiger partial charge on any atom is 0.251 e. The second kappa shape index (κ2) is 3.06. The lowest BCUT2D eigenvalue weighted by Crippen LogP contribution is -2.48. The number of rotatable bonds is 2. The molecule has 0 saturated heterocycles. The minimum Gasteiger partial charge on any atom is -0.376 e. The summed E-state index contributed by atoms with van der Waals surface area (Å²) in [6, 6.07) is -1.13.